The Labute approximate surface area is 146 Å². The number of hydrogen-bond donors (Lipinski definition) is 1. The Bertz CT molecular complexity index is 831. The molecule has 0 saturated carbocycles. The van der Waals surface area contributed by atoms with Crippen molar-refractivity contribution in [3.05, 3.63) is 77.3 Å². The fraction of sp³-hybridized carbons (Fsp3) is 0.250. The molecule has 0 unspecified atom stereocenters. The van der Waals surface area contributed by atoms with Crippen molar-refractivity contribution in [2.24, 2.45) is 0 Å². The first-order valence-corrected chi connectivity index (χ1v) is 8.52. The van der Waals surface area contributed by atoms with Gasteiger partial charge in [0, 0.05) is 30.1 Å². The standard InChI is InChI=1S/C20H19N3O2/c24-17-8-4-7-16-18(17)19(15-9-11-21-12-10-15)22-20(25)23(16)13-14-5-2-1-3-6-14/h1-3,5-6,9-12,19H,4,7-8,13H2,(H,22,25)/t19-/m0/s1. The first kappa shape index (κ1) is 15.6. The van der Waals surface area contributed by atoms with Gasteiger partial charge in [-0.25, -0.2) is 4.79 Å². The number of carbonyl (C=O) groups excluding carboxylic acids is 2. The van der Waals surface area contributed by atoms with Crippen molar-refractivity contribution in [2.45, 2.75) is 31.8 Å². The number of hydrogen-bond acceptors (Lipinski definition) is 3. The van der Waals surface area contributed by atoms with E-state index in [9.17, 15) is 9.59 Å². The molecule has 0 saturated heterocycles. The molecule has 0 bridgehead atoms. The third-order valence-electron chi connectivity index (χ3n) is 4.78. The van der Waals surface area contributed by atoms with Crippen LogP contribution in [0.3, 0.4) is 0 Å². The number of carbonyl (C=O) groups is 2. The maximum Gasteiger partial charge on any atom is 0.322 e. The van der Waals surface area contributed by atoms with Crippen molar-refractivity contribution in [3.63, 3.8) is 0 Å². The molecular formula is C20H19N3O2. The minimum absolute atomic E-state index is 0.126. The Kier molecular flexibility index (Phi) is 4.06. The predicted octanol–water partition coefficient (Wildman–Crippen LogP) is 3.36. The van der Waals surface area contributed by atoms with Crippen LogP contribution >= 0.6 is 0 Å². The van der Waals surface area contributed by atoms with Crippen LogP contribution in [-0.2, 0) is 11.3 Å². The van der Waals surface area contributed by atoms with E-state index in [1.165, 1.54) is 0 Å². The van der Waals surface area contributed by atoms with E-state index in [2.05, 4.69) is 10.3 Å². The zero-order valence-electron chi connectivity index (χ0n) is 13.8. The van der Waals surface area contributed by atoms with Crippen LogP contribution in [0.25, 0.3) is 0 Å². The number of aromatic nitrogens is 1. The largest absolute Gasteiger partial charge is 0.327 e. The van der Waals surface area contributed by atoms with Gasteiger partial charge in [-0.15, -0.1) is 0 Å². The molecule has 1 atom stereocenters. The van der Waals surface area contributed by atoms with Gasteiger partial charge >= 0.3 is 6.03 Å². The Morgan fingerprint density at radius 3 is 2.56 bits per heavy atom. The summed E-state index contributed by atoms with van der Waals surface area (Å²) in [6, 6.07) is 13.0. The molecule has 0 fully saturated rings. The van der Waals surface area contributed by atoms with E-state index < -0.39 is 0 Å². The topological polar surface area (TPSA) is 62.3 Å². The van der Waals surface area contributed by atoms with Crippen molar-refractivity contribution >= 4 is 11.8 Å². The summed E-state index contributed by atoms with van der Waals surface area (Å²) in [6.07, 6.45) is 5.45. The van der Waals surface area contributed by atoms with Crippen molar-refractivity contribution < 1.29 is 9.59 Å². The summed E-state index contributed by atoms with van der Waals surface area (Å²) in [4.78, 5) is 31.2. The molecule has 5 heteroatoms. The highest BCUT2D eigenvalue weighted by Gasteiger charge is 2.38. The number of amides is 2. The molecule has 126 valence electrons. The lowest BCUT2D eigenvalue weighted by molar-refractivity contribution is -0.116. The summed E-state index contributed by atoms with van der Waals surface area (Å²) >= 11 is 0. The summed E-state index contributed by atoms with van der Waals surface area (Å²) < 4.78 is 0. The molecule has 4 rings (SSSR count). The highest BCUT2D eigenvalue weighted by molar-refractivity contribution is 6.00. The van der Waals surface area contributed by atoms with Crippen molar-refractivity contribution in [3.8, 4) is 0 Å². The van der Waals surface area contributed by atoms with Crippen molar-refractivity contribution in [2.75, 3.05) is 0 Å². The van der Waals surface area contributed by atoms with Gasteiger partial charge in [0.25, 0.3) is 0 Å². The molecule has 1 aliphatic carbocycles. The van der Waals surface area contributed by atoms with E-state index in [-0.39, 0.29) is 17.9 Å². The van der Waals surface area contributed by atoms with Gasteiger partial charge in [0.05, 0.1) is 12.6 Å². The average Bonchev–Trinajstić information content (AvgIpc) is 2.65. The first-order valence-electron chi connectivity index (χ1n) is 8.52. The number of pyridine rings is 1. The zero-order valence-corrected chi connectivity index (χ0v) is 13.8. The molecule has 1 aromatic carbocycles. The Balaban J connectivity index is 1.76. The minimum Gasteiger partial charge on any atom is -0.327 e. The lowest BCUT2D eigenvalue weighted by Gasteiger charge is -2.39. The predicted molar refractivity (Wildman–Crippen MR) is 93.4 cm³/mol. The lowest BCUT2D eigenvalue weighted by atomic mass is 9.85. The molecular weight excluding hydrogens is 314 g/mol. The maximum absolute atomic E-state index is 12.8. The molecule has 1 aliphatic heterocycles. The van der Waals surface area contributed by atoms with Crippen LogP contribution in [0.5, 0.6) is 0 Å². The van der Waals surface area contributed by atoms with Gasteiger partial charge in [-0.05, 0) is 36.1 Å². The van der Waals surface area contributed by atoms with Gasteiger partial charge in [0.15, 0.2) is 5.78 Å². The van der Waals surface area contributed by atoms with Crippen LogP contribution < -0.4 is 5.32 Å². The van der Waals surface area contributed by atoms with Crippen LogP contribution in [0, 0.1) is 0 Å². The van der Waals surface area contributed by atoms with Gasteiger partial charge in [-0.1, -0.05) is 30.3 Å². The third-order valence-corrected chi connectivity index (χ3v) is 4.78. The maximum atomic E-state index is 12.8. The molecule has 1 N–H and O–H groups in total. The SMILES string of the molecule is O=C1CCCC2=C1[C@H](c1ccncc1)NC(=O)N2Cc1ccccc1. The van der Waals surface area contributed by atoms with Crippen LogP contribution in [0.4, 0.5) is 4.79 Å². The van der Waals surface area contributed by atoms with Gasteiger partial charge in [0.1, 0.15) is 0 Å². The van der Waals surface area contributed by atoms with Gasteiger partial charge in [0.2, 0.25) is 0 Å². The second kappa shape index (κ2) is 6.51. The molecule has 1 aromatic heterocycles. The highest BCUT2D eigenvalue weighted by atomic mass is 16.2. The number of rotatable bonds is 3. The molecule has 25 heavy (non-hydrogen) atoms. The smallest absolute Gasteiger partial charge is 0.322 e. The lowest BCUT2D eigenvalue weighted by Crippen LogP contribution is -2.48. The summed E-state index contributed by atoms with van der Waals surface area (Å²) in [5, 5.41) is 3.01. The number of nitrogens with zero attached hydrogens (tertiary/aromatic N) is 2. The van der Waals surface area contributed by atoms with Gasteiger partial charge < -0.3 is 5.32 Å². The quantitative estimate of drug-likeness (QED) is 0.937. The number of allylic oxidation sites excluding steroid dienone is 1. The number of nitrogens with one attached hydrogen (secondary N) is 1. The number of ketones is 1. The molecule has 2 aliphatic rings. The molecule has 2 aromatic rings. The van der Waals surface area contributed by atoms with E-state index in [0.717, 1.165) is 35.2 Å². The van der Waals surface area contributed by atoms with E-state index in [4.69, 9.17) is 0 Å². The summed E-state index contributed by atoms with van der Waals surface area (Å²) in [7, 11) is 0. The fourth-order valence-electron chi connectivity index (χ4n) is 3.59. The summed E-state index contributed by atoms with van der Waals surface area (Å²) in [6.45, 7) is 0.474. The number of urea groups is 1. The van der Waals surface area contributed by atoms with Gasteiger partial charge in [-0.2, -0.15) is 0 Å². The molecule has 0 radical (unpaired) electrons. The Morgan fingerprint density at radius 1 is 1.04 bits per heavy atom. The van der Waals surface area contributed by atoms with Crippen LogP contribution in [-0.4, -0.2) is 21.7 Å². The fourth-order valence-corrected chi connectivity index (χ4v) is 3.59. The summed E-state index contributed by atoms with van der Waals surface area (Å²) in [5.41, 5.74) is 3.54. The van der Waals surface area contributed by atoms with Crippen LogP contribution in [0.2, 0.25) is 0 Å². The van der Waals surface area contributed by atoms with Crippen LogP contribution in [0.15, 0.2) is 66.1 Å². The first-order chi connectivity index (χ1) is 12.2. The highest BCUT2D eigenvalue weighted by Crippen LogP contribution is 2.37. The minimum atomic E-state index is -0.384. The Morgan fingerprint density at radius 2 is 1.80 bits per heavy atom. The summed E-state index contributed by atoms with van der Waals surface area (Å²) in [5.74, 6) is 0.126. The van der Waals surface area contributed by atoms with Crippen molar-refractivity contribution in [1.82, 2.24) is 15.2 Å². The third kappa shape index (κ3) is 2.93. The van der Waals surface area contributed by atoms with Crippen LogP contribution in [0.1, 0.15) is 36.4 Å². The normalized spacial score (nSPS) is 20.3. The molecule has 5 nitrogen and oxygen atoms in total. The van der Waals surface area contributed by atoms with E-state index >= 15 is 0 Å². The monoisotopic (exact) mass is 333 g/mol. The second-order valence-corrected chi connectivity index (χ2v) is 6.37. The zero-order chi connectivity index (χ0) is 17.2. The number of benzene rings is 1. The van der Waals surface area contributed by atoms with E-state index in [1.807, 2.05) is 42.5 Å². The van der Waals surface area contributed by atoms with Gasteiger partial charge in [-0.3, -0.25) is 14.7 Å². The molecule has 2 heterocycles. The number of Topliss-reactive ketones (excluding diaryl/α,β-unsaturated/α-hetero) is 1. The molecule has 0 spiro atoms. The second-order valence-electron chi connectivity index (χ2n) is 6.37. The molecule has 2 amide bonds. The van der Waals surface area contributed by atoms with E-state index in [0.29, 0.717) is 13.0 Å². The van der Waals surface area contributed by atoms with E-state index in [1.54, 1.807) is 17.3 Å². The Hall–Kier alpha value is -2.95. The average molecular weight is 333 g/mol. The van der Waals surface area contributed by atoms with Crippen molar-refractivity contribution in [1.29, 1.82) is 0 Å².